The molecule has 2 amide bonds. The Bertz CT molecular complexity index is 1530. The van der Waals surface area contributed by atoms with E-state index < -0.39 is 18.1 Å². The van der Waals surface area contributed by atoms with Crippen molar-refractivity contribution in [1.29, 1.82) is 0 Å². The highest BCUT2D eigenvalue weighted by Crippen LogP contribution is 2.37. The van der Waals surface area contributed by atoms with Gasteiger partial charge in [0.25, 0.3) is 0 Å². The number of imide groups is 1. The second-order valence-electron chi connectivity index (χ2n) is 10.4. The van der Waals surface area contributed by atoms with Gasteiger partial charge in [-0.3, -0.25) is 4.79 Å². The van der Waals surface area contributed by atoms with Gasteiger partial charge in [-0.1, -0.05) is 54.6 Å². The lowest BCUT2D eigenvalue weighted by molar-refractivity contribution is -0.132. The Morgan fingerprint density at radius 1 is 0.930 bits per heavy atom. The zero-order chi connectivity index (χ0) is 30.2. The Balaban J connectivity index is 1.51. The van der Waals surface area contributed by atoms with E-state index in [9.17, 15) is 18.4 Å². The first-order chi connectivity index (χ1) is 20.9. The van der Waals surface area contributed by atoms with E-state index in [2.05, 4.69) is 14.6 Å². The second kappa shape index (κ2) is 14.3. The lowest BCUT2D eigenvalue weighted by atomic mass is 9.86. The smallest absolute Gasteiger partial charge is 0.416 e. The van der Waals surface area contributed by atoms with Crippen molar-refractivity contribution in [2.75, 3.05) is 18.5 Å². The summed E-state index contributed by atoms with van der Waals surface area (Å²) in [5.74, 6) is -1.20. The number of ether oxygens (including phenoxy) is 2. The Morgan fingerprint density at radius 3 is 2.30 bits per heavy atom. The van der Waals surface area contributed by atoms with Crippen LogP contribution in [-0.2, 0) is 22.6 Å². The Hall–Kier alpha value is -4.29. The zero-order valence-electron chi connectivity index (χ0n) is 23.5. The van der Waals surface area contributed by atoms with Gasteiger partial charge in [-0.15, -0.1) is 9.24 Å². The van der Waals surface area contributed by atoms with Crippen molar-refractivity contribution in [1.82, 2.24) is 4.90 Å². The van der Waals surface area contributed by atoms with E-state index in [1.807, 2.05) is 48.5 Å². The van der Waals surface area contributed by atoms with Crippen LogP contribution in [0.1, 0.15) is 35.6 Å². The minimum Gasteiger partial charge on any atom is -0.489 e. The molecule has 4 aromatic carbocycles. The van der Waals surface area contributed by atoms with Crippen LogP contribution < -0.4 is 15.4 Å². The average molecular weight is 603 g/mol. The van der Waals surface area contributed by atoms with Gasteiger partial charge in [0.05, 0.1) is 18.5 Å². The lowest BCUT2D eigenvalue weighted by Gasteiger charge is -2.31. The van der Waals surface area contributed by atoms with E-state index in [1.54, 1.807) is 24.3 Å². The number of nitrogens with one attached hydrogen (secondary N) is 1. The number of cyclic esters (lactones) is 1. The number of anilines is 1. The number of amides is 2. The van der Waals surface area contributed by atoms with Gasteiger partial charge in [0.15, 0.2) is 0 Å². The fourth-order valence-electron chi connectivity index (χ4n) is 5.19. The lowest BCUT2D eigenvalue weighted by Crippen LogP contribution is -2.41. The molecule has 1 saturated heterocycles. The zero-order valence-corrected chi connectivity index (χ0v) is 24.7. The summed E-state index contributed by atoms with van der Waals surface area (Å²) in [7, 11) is 2.67. The van der Waals surface area contributed by atoms with E-state index in [0.29, 0.717) is 37.3 Å². The standard InChI is InChI=1S/C34H33F2N2O4P/c35-25-11-9-23(10-12-25)7-4-8-30(33(39)38-19-20-41-34(38)40)32(37-27-15-13-26(36)14-16-27)29-18-17-28(43)21-31(29)42-22-24-5-2-1-3-6-24/h1-3,5-6,9-18,21,30,32,37H,4,7-8,19-20,22,43H2. The molecule has 3 atom stereocenters. The molecule has 1 N–H and O–H groups in total. The van der Waals surface area contributed by atoms with Crippen molar-refractivity contribution in [2.45, 2.75) is 31.9 Å². The molecule has 1 heterocycles. The molecule has 0 bridgehead atoms. The number of benzene rings is 4. The predicted octanol–water partition coefficient (Wildman–Crippen LogP) is 6.82. The SMILES string of the molecule is O=C1OCCN1C(=O)C(CCCc1ccc(F)cc1)C(Nc1ccc(F)cc1)c1ccc(P)cc1OCc1ccccc1. The Morgan fingerprint density at radius 2 is 1.63 bits per heavy atom. The molecule has 222 valence electrons. The maximum Gasteiger partial charge on any atom is 0.416 e. The van der Waals surface area contributed by atoms with Crippen molar-refractivity contribution in [3.63, 3.8) is 0 Å². The van der Waals surface area contributed by atoms with Gasteiger partial charge in [-0.25, -0.2) is 18.5 Å². The first-order valence-electron chi connectivity index (χ1n) is 14.2. The molecule has 1 aliphatic rings. The summed E-state index contributed by atoms with van der Waals surface area (Å²) in [6.45, 7) is 0.611. The third-order valence-corrected chi connectivity index (χ3v) is 7.78. The van der Waals surface area contributed by atoms with E-state index in [4.69, 9.17) is 9.47 Å². The quantitative estimate of drug-likeness (QED) is 0.181. The first kappa shape index (κ1) is 30.2. The number of hydrogen-bond donors (Lipinski definition) is 1. The molecule has 5 rings (SSSR count). The van der Waals surface area contributed by atoms with Crippen LogP contribution in [0.4, 0.5) is 19.3 Å². The number of halogens is 2. The van der Waals surface area contributed by atoms with Crippen molar-refractivity contribution < 1.29 is 27.8 Å². The summed E-state index contributed by atoms with van der Waals surface area (Å²) in [5, 5.41) is 4.35. The summed E-state index contributed by atoms with van der Waals surface area (Å²) in [6, 6.07) is 27.0. The summed E-state index contributed by atoms with van der Waals surface area (Å²) in [4.78, 5) is 27.8. The monoisotopic (exact) mass is 602 g/mol. The van der Waals surface area contributed by atoms with Crippen LogP contribution in [0.5, 0.6) is 5.75 Å². The van der Waals surface area contributed by atoms with E-state index in [1.165, 1.54) is 24.3 Å². The largest absolute Gasteiger partial charge is 0.489 e. The number of hydrogen-bond acceptors (Lipinski definition) is 5. The molecule has 0 saturated carbocycles. The van der Waals surface area contributed by atoms with Crippen LogP contribution in [0, 0.1) is 17.6 Å². The van der Waals surface area contributed by atoms with Gasteiger partial charge in [0, 0.05) is 11.3 Å². The normalized spacial score (nSPS) is 14.2. The number of nitrogens with zero attached hydrogens (tertiary/aromatic N) is 1. The minimum atomic E-state index is -0.717. The van der Waals surface area contributed by atoms with Gasteiger partial charge >= 0.3 is 6.09 Å². The fraction of sp³-hybridized carbons (Fsp3) is 0.235. The van der Waals surface area contributed by atoms with Crippen LogP contribution in [0.25, 0.3) is 0 Å². The molecular formula is C34H33F2N2O4P. The predicted molar refractivity (Wildman–Crippen MR) is 165 cm³/mol. The third kappa shape index (κ3) is 7.96. The van der Waals surface area contributed by atoms with Crippen molar-refractivity contribution in [2.24, 2.45) is 5.92 Å². The molecule has 0 aliphatic carbocycles. The van der Waals surface area contributed by atoms with Crippen LogP contribution in [0.3, 0.4) is 0 Å². The topological polar surface area (TPSA) is 67.9 Å². The van der Waals surface area contributed by atoms with Crippen molar-refractivity contribution >= 4 is 32.2 Å². The van der Waals surface area contributed by atoms with Crippen molar-refractivity contribution in [3.8, 4) is 5.75 Å². The molecule has 9 heteroatoms. The highest BCUT2D eigenvalue weighted by atomic mass is 31.0. The van der Waals surface area contributed by atoms with Gasteiger partial charge in [0.2, 0.25) is 5.91 Å². The van der Waals surface area contributed by atoms with Crippen LogP contribution >= 0.6 is 9.24 Å². The maximum absolute atomic E-state index is 14.1. The van der Waals surface area contributed by atoms with Gasteiger partial charge in [-0.05, 0) is 78.2 Å². The first-order valence-corrected chi connectivity index (χ1v) is 14.8. The highest BCUT2D eigenvalue weighted by molar-refractivity contribution is 7.27. The molecule has 1 aliphatic heterocycles. The molecule has 6 nitrogen and oxygen atoms in total. The summed E-state index contributed by atoms with van der Waals surface area (Å²) in [6.07, 6.45) is 0.934. The summed E-state index contributed by atoms with van der Waals surface area (Å²) < 4.78 is 38.7. The maximum atomic E-state index is 14.1. The number of rotatable bonds is 12. The molecule has 4 aromatic rings. The second-order valence-corrected chi connectivity index (χ2v) is 11.1. The van der Waals surface area contributed by atoms with Gasteiger partial charge in [-0.2, -0.15) is 0 Å². The van der Waals surface area contributed by atoms with E-state index in [0.717, 1.165) is 26.9 Å². The number of carbonyl (C=O) groups is 2. The van der Waals surface area contributed by atoms with Crippen LogP contribution in [-0.4, -0.2) is 30.1 Å². The molecule has 3 unspecified atom stereocenters. The summed E-state index contributed by atoms with van der Waals surface area (Å²) in [5.41, 5.74) is 3.25. The van der Waals surface area contributed by atoms with Crippen LogP contribution in [0.15, 0.2) is 97.1 Å². The van der Waals surface area contributed by atoms with Gasteiger partial charge in [0.1, 0.15) is 30.6 Å². The molecular weight excluding hydrogens is 569 g/mol. The molecule has 1 fully saturated rings. The van der Waals surface area contributed by atoms with Gasteiger partial charge < -0.3 is 14.8 Å². The highest BCUT2D eigenvalue weighted by Gasteiger charge is 2.39. The summed E-state index contributed by atoms with van der Waals surface area (Å²) >= 11 is 0. The average Bonchev–Trinajstić information content (AvgIpc) is 3.45. The van der Waals surface area contributed by atoms with Crippen LogP contribution in [0.2, 0.25) is 0 Å². The molecule has 0 radical (unpaired) electrons. The minimum absolute atomic E-state index is 0.135. The third-order valence-electron chi connectivity index (χ3n) is 7.42. The molecule has 43 heavy (non-hydrogen) atoms. The fourth-order valence-corrected chi connectivity index (χ4v) is 5.44. The number of carbonyl (C=O) groups excluding carboxylic acids is 2. The molecule has 0 spiro atoms. The van der Waals surface area contributed by atoms with E-state index in [-0.39, 0.29) is 30.7 Å². The Labute approximate surface area is 252 Å². The number of aryl methyl sites for hydroxylation is 1. The van der Waals surface area contributed by atoms with Crippen molar-refractivity contribution in [3.05, 3.63) is 125 Å². The Kier molecular flexibility index (Phi) is 10.0. The van der Waals surface area contributed by atoms with E-state index >= 15 is 0 Å². The molecule has 0 aromatic heterocycles.